The van der Waals surface area contributed by atoms with Gasteiger partial charge in [-0.05, 0) is 62.1 Å². The standard InChI is InChI=1S/C24H30Cl2N2O3/c1-15(2)12-27-24(30)18(5)28(13-20-21(25)7-6-8-22(20)26)23(29)14-31-19-10-16(3)9-17(4)11-19/h6-11,15,18H,12-14H2,1-5H3,(H,27,30)/t18-/m0/s1. The molecule has 1 N–H and O–H groups in total. The lowest BCUT2D eigenvalue weighted by Crippen LogP contribution is -2.49. The molecule has 0 aliphatic carbocycles. The molecule has 0 unspecified atom stereocenters. The lowest BCUT2D eigenvalue weighted by molar-refractivity contribution is -0.142. The van der Waals surface area contributed by atoms with E-state index in [0.29, 0.717) is 33.8 Å². The molecule has 1 atom stereocenters. The first kappa shape index (κ1) is 25.0. The highest BCUT2D eigenvalue weighted by Crippen LogP contribution is 2.26. The minimum Gasteiger partial charge on any atom is -0.484 e. The van der Waals surface area contributed by atoms with Gasteiger partial charge in [-0.1, -0.05) is 49.2 Å². The summed E-state index contributed by atoms with van der Waals surface area (Å²) >= 11 is 12.6. The average molecular weight is 465 g/mol. The fourth-order valence-corrected chi connectivity index (χ4v) is 3.65. The summed E-state index contributed by atoms with van der Waals surface area (Å²) in [7, 11) is 0. The van der Waals surface area contributed by atoms with Gasteiger partial charge in [0.05, 0.1) is 0 Å². The molecule has 5 nitrogen and oxygen atoms in total. The first-order chi connectivity index (χ1) is 14.6. The molecule has 0 fully saturated rings. The van der Waals surface area contributed by atoms with Crippen molar-refractivity contribution in [3.05, 3.63) is 63.1 Å². The first-order valence-electron chi connectivity index (χ1n) is 10.3. The second kappa shape index (κ2) is 11.4. The number of hydrogen-bond acceptors (Lipinski definition) is 3. The number of rotatable bonds is 9. The van der Waals surface area contributed by atoms with Crippen molar-refractivity contribution in [2.75, 3.05) is 13.2 Å². The van der Waals surface area contributed by atoms with E-state index < -0.39 is 6.04 Å². The molecule has 7 heteroatoms. The van der Waals surface area contributed by atoms with E-state index in [2.05, 4.69) is 5.32 Å². The predicted octanol–water partition coefficient (Wildman–Crippen LogP) is 5.18. The summed E-state index contributed by atoms with van der Waals surface area (Å²) in [5.41, 5.74) is 2.68. The van der Waals surface area contributed by atoms with Crippen LogP contribution in [0.2, 0.25) is 10.0 Å². The Balaban J connectivity index is 2.22. The third-order valence-electron chi connectivity index (χ3n) is 4.80. The molecule has 31 heavy (non-hydrogen) atoms. The minimum absolute atomic E-state index is 0.101. The number of halogens is 2. The molecule has 2 rings (SSSR count). The zero-order valence-electron chi connectivity index (χ0n) is 18.7. The lowest BCUT2D eigenvalue weighted by atomic mass is 10.1. The van der Waals surface area contributed by atoms with Gasteiger partial charge in [0.25, 0.3) is 5.91 Å². The smallest absolute Gasteiger partial charge is 0.261 e. The van der Waals surface area contributed by atoms with Gasteiger partial charge >= 0.3 is 0 Å². The Bertz CT molecular complexity index is 891. The summed E-state index contributed by atoms with van der Waals surface area (Å²) in [6.45, 7) is 10.1. The Hall–Kier alpha value is -2.24. The number of hydrogen-bond donors (Lipinski definition) is 1. The Kier molecular flexibility index (Phi) is 9.20. The fraction of sp³-hybridized carbons (Fsp3) is 0.417. The molecule has 0 aromatic heterocycles. The third kappa shape index (κ3) is 7.44. The Morgan fingerprint density at radius 1 is 1.03 bits per heavy atom. The molecule has 2 aromatic rings. The van der Waals surface area contributed by atoms with Crippen molar-refractivity contribution in [1.29, 1.82) is 0 Å². The number of amides is 2. The second-order valence-corrected chi connectivity index (χ2v) is 8.96. The van der Waals surface area contributed by atoms with E-state index in [4.69, 9.17) is 27.9 Å². The van der Waals surface area contributed by atoms with Crippen LogP contribution in [-0.4, -0.2) is 35.9 Å². The lowest BCUT2D eigenvalue weighted by Gasteiger charge is -2.29. The van der Waals surface area contributed by atoms with Gasteiger partial charge in [-0.25, -0.2) is 0 Å². The molecule has 0 bridgehead atoms. The van der Waals surface area contributed by atoms with Gasteiger partial charge in [0.1, 0.15) is 11.8 Å². The van der Waals surface area contributed by atoms with Crippen molar-refractivity contribution in [2.24, 2.45) is 5.92 Å². The maximum absolute atomic E-state index is 13.1. The summed E-state index contributed by atoms with van der Waals surface area (Å²) in [5.74, 6) is 0.337. The van der Waals surface area contributed by atoms with Crippen molar-refractivity contribution in [3.8, 4) is 5.75 Å². The van der Waals surface area contributed by atoms with Crippen LogP contribution in [0.15, 0.2) is 36.4 Å². The SMILES string of the molecule is Cc1cc(C)cc(OCC(=O)N(Cc2c(Cl)cccc2Cl)[C@@H](C)C(=O)NCC(C)C)c1. The number of ether oxygens (including phenoxy) is 1. The summed E-state index contributed by atoms with van der Waals surface area (Å²) in [6.07, 6.45) is 0. The van der Waals surface area contributed by atoms with E-state index in [0.717, 1.165) is 11.1 Å². The number of benzene rings is 2. The fourth-order valence-electron chi connectivity index (χ4n) is 3.13. The van der Waals surface area contributed by atoms with Crippen molar-refractivity contribution < 1.29 is 14.3 Å². The largest absolute Gasteiger partial charge is 0.484 e. The minimum atomic E-state index is -0.721. The Labute approximate surface area is 194 Å². The number of carbonyl (C=O) groups excluding carboxylic acids is 2. The van der Waals surface area contributed by atoms with E-state index >= 15 is 0 Å². The van der Waals surface area contributed by atoms with E-state index in [-0.39, 0.29) is 25.0 Å². The first-order valence-corrected chi connectivity index (χ1v) is 11.0. The van der Waals surface area contributed by atoms with Gasteiger partial charge < -0.3 is 15.0 Å². The van der Waals surface area contributed by atoms with Gasteiger partial charge in [-0.3, -0.25) is 9.59 Å². The quantitative estimate of drug-likeness (QED) is 0.555. The van der Waals surface area contributed by atoms with Crippen LogP contribution >= 0.6 is 23.2 Å². The molecular formula is C24H30Cl2N2O3. The van der Waals surface area contributed by atoms with Crippen molar-refractivity contribution in [1.82, 2.24) is 10.2 Å². The van der Waals surface area contributed by atoms with Gasteiger partial charge in [0, 0.05) is 28.7 Å². The van der Waals surface area contributed by atoms with Crippen LogP contribution in [0.25, 0.3) is 0 Å². The molecule has 0 radical (unpaired) electrons. The summed E-state index contributed by atoms with van der Waals surface area (Å²) in [6, 6.07) is 10.2. The number of carbonyl (C=O) groups is 2. The van der Waals surface area contributed by atoms with Gasteiger partial charge in [0.2, 0.25) is 5.91 Å². The van der Waals surface area contributed by atoms with Crippen molar-refractivity contribution in [2.45, 2.75) is 47.2 Å². The van der Waals surface area contributed by atoms with E-state index in [9.17, 15) is 9.59 Å². The monoisotopic (exact) mass is 464 g/mol. The van der Waals surface area contributed by atoms with Crippen LogP contribution in [0.5, 0.6) is 5.75 Å². The molecule has 0 saturated carbocycles. The van der Waals surface area contributed by atoms with Crippen LogP contribution in [0, 0.1) is 19.8 Å². The number of nitrogens with one attached hydrogen (secondary N) is 1. The molecular weight excluding hydrogens is 435 g/mol. The van der Waals surface area contributed by atoms with E-state index in [1.54, 1.807) is 25.1 Å². The Morgan fingerprint density at radius 2 is 1.61 bits per heavy atom. The number of nitrogens with zero attached hydrogens (tertiary/aromatic N) is 1. The Morgan fingerprint density at radius 3 is 2.16 bits per heavy atom. The normalized spacial score (nSPS) is 11.9. The van der Waals surface area contributed by atoms with Crippen LogP contribution in [-0.2, 0) is 16.1 Å². The molecule has 168 valence electrons. The van der Waals surface area contributed by atoms with Crippen LogP contribution in [0.4, 0.5) is 0 Å². The van der Waals surface area contributed by atoms with Crippen molar-refractivity contribution >= 4 is 35.0 Å². The van der Waals surface area contributed by atoms with Gasteiger partial charge in [0.15, 0.2) is 6.61 Å². The molecule has 0 saturated heterocycles. The summed E-state index contributed by atoms with van der Waals surface area (Å²) < 4.78 is 5.75. The second-order valence-electron chi connectivity index (χ2n) is 8.15. The van der Waals surface area contributed by atoms with E-state index in [1.165, 1.54) is 4.90 Å². The number of aryl methyl sites for hydroxylation is 2. The van der Waals surface area contributed by atoms with Crippen LogP contribution in [0.1, 0.15) is 37.5 Å². The highest BCUT2D eigenvalue weighted by Gasteiger charge is 2.28. The summed E-state index contributed by atoms with van der Waals surface area (Å²) in [5, 5.41) is 3.76. The molecule has 0 aliphatic rings. The van der Waals surface area contributed by atoms with Crippen molar-refractivity contribution in [3.63, 3.8) is 0 Å². The summed E-state index contributed by atoms with van der Waals surface area (Å²) in [4.78, 5) is 27.3. The zero-order chi connectivity index (χ0) is 23.1. The van der Waals surface area contributed by atoms with Gasteiger partial charge in [-0.2, -0.15) is 0 Å². The van der Waals surface area contributed by atoms with E-state index in [1.807, 2.05) is 45.9 Å². The molecule has 0 heterocycles. The highest BCUT2D eigenvalue weighted by atomic mass is 35.5. The molecule has 2 amide bonds. The maximum atomic E-state index is 13.1. The highest BCUT2D eigenvalue weighted by molar-refractivity contribution is 6.36. The average Bonchev–Trinajstić information content (AvgIpc) is 2.69. The molecule has 2 aromatic carbocycles. The third-order valence-corrected chi connectivity index (χ3v) is 5.51. The van der Waals surface area contributed by atoms with Crippen LogP contribution < -0.4 is 10.1 Å². The predicted molar refractivity (Wildman–Crippen MR) is 126 cm³/mol. The topological polar surface area (TPSA) is 58.6 Å². The molecule has 0 spiro atoms. The molecule has 0 aliphatic heterocycles. The van der Waals surface area contributed by atoms with Gasteiger partial charge in [-0.15, -0.1) is 0 Å². The van der Waals surface area contributed by atoms with Crippen LogP contribution in [0.3, 0.4) is 0 Å². The zero-order valence-corrected chi connectivity index (χ0v) is 20.2. The maximum Gasteiger partial charge on any atom is 0.261 e.